The number of carbonyl (C=O) groups excluding carboxylic acids is 1. The summed E-state index contributed by atoms with van der Waals surface area (Å²) in [5.74, 6) is 0.537. The van der Waals surface area contributed by atoms with Crippen LogP contribution < -0.4 is 0 Å². The number of aryl methyl sites for hydroxylation is 1. The van der Waals surface area contributed by atoms with Gasteiger partial charge in [0.05, 0.1) is 22.9 Å². The minimum absolute atomic E-state index is 0.0782. The number of aromatic amines is 1. The summed E-state index contributed by atoms with van der Waals surface area (Å²) < 4.78 is 12.4. The van der Waals surface area contributed by atoms with Crippen molar-refractivity contribution in [1.29, 1.82) is 0 Å². The molecule has 1 aliphatic heterocycles. The van der Waals surface area contributed by atoms with E-state index in [1.54, 1.807) is 6.92 Å². The van der Waals surface area contributed by atoms with Gasteiger partial charge in [0.25, 0.3) is 0 Å². The van der Waals surface area contributed by atoms with E-state index in [9.17, 15) is 4.79 Å². The van der Waals surface area contributed by atoms with Crippen LogP contribution in [-0.4, -0.2) is 39.4 Å². The highest BCUT2D eigenvalue weighted by molar-refractivity contribution is 8.13. The number of hydrogen-bond acceptors (Lipinski definition) is 5. The summed E-state index contributed by atoms with van der Waals surface area (Å²) in [5, 5.41) is 8.21. The van der Waals surface area contributed by atoms with Gasteiger partial charge in [-0.05, 0) is 63.4 Å². The molecule has 138 valence electrons. The van der Waals surface area contributed by atoms with Gasteiger partial charge in [0, 0.05) is 18.1 Å². The number of benzene rings is 1. The molecule has 0 spiro atoms. The van der Waals surface area contributed by atoms with Crippen LogP contribution in [0, 0.1) is 6.92 Å². The molecule has 1 aromatic heterocycles. The zero-order valence-corrected chi connectivity index (χ0v) is 17.0. The van der Waals surface area contributed by atoms with E-state index in [-0.39, 0.29) is 5.12 Å². The Morgan fingerprint density at radius 2 is 1.92 bits per heavy atom. The molecule has 0 bridgehead atoms. The molecule has 0 aliphatic carbocycles. The number of aromatic nitrogens is 2. The van der Waals surface area contributed by atoms with Gasteiger partial charge in [-0.3, -0.25) is 9.89 Å². The van der Waals surface area contributed by atoms with Gasteiger partial charge in [-0.1, -0.05) is 17.8 Å². The first-order chi connectivity index (χ1) is 12.1. The molecule has 0 saturated carbocycles. The van der Waals surface area contributed by atoms with Crippen molar-refractivity contribution >= 4 is 41.0 Å². The van der Waals surface area contributed by atoms with E-state index in [1.165, 1.54) is 11.8 Å². The molecule has 1 N–H and O–H groups in total. The van der Waals surface area contributed by atoms with Crippen LogP contribution >= 0.6 is 11.8 Å². The van der Waals surface area contributed by atoms with Gasteiger partial charge in [-0.25, -0.2) is 0 Å². The van der Waals surface area contributed by atoms with Gasteiger partial charge in [0.2, 0.25) is 0 Å². The number of rotatable bonds is 4. The molecule has 0 radical (unpaired) electrons. The van der Waals surface area contributed by atoms with Gasteiger partial charge in [0.15, 0.2) is 5.12 Å². The largest absolute Gasteiger partial charge is 0.491 e. The summed E-state index contributed by atoms with van der Waals surface area (Å²) >= 11 is 1.27. The number of nitrogens with one attached hydrogen (secondary N) is 1. The fourth-order valence-corrected chi connectivity index (χ4v) is 3.42. The second-order valence-corrected chi connectivity index (χ2v) is 8.91. The molecule has 0 unspecified atom stereocenters. The molecule has 3 rings (SSSR count). The summed E-state index contributed by atoms with van der Waals surface area (Å²) in [6.07, 6.45) is 3.89. The number of carbonyl (C=O) groups is 1. The Kier molecular flexibility index (Phi) is 5.07. The molecule has 2 heterocycles. The second kappa shape index (κ2) is 6.87. The Bertz CT molecular complexity index is 857. The monoisotopic (exact) mass is 372 g/mol. The lowest BCUT2D eigenvalue weighted by molar-refractivity contribution is -0.109. The predicted molar refractivity (Wildman–Crippen MR) is 108 cm³/mol. The zero-order valence-electron chi connectivity index (χ0n) is 16.2. The first kappa shape index (κ1) is 19.2. The molecule has 2 aromatic rings. The predicted octanol–water partition coefficient (Wildman–Crippen LogP) is 4.17. The molecule has 1 saturated heterocycles. The van der Waals surface area contributed by atoms with E-state index >= 15 is 0 Å². The fourth-order valence-electron chi connectivity index (χ4n) is 2.83. The summed E-state index contributed by atoms with van der Waals surface area (Å²) in [6, 6.07) is 4.17. The Balaban J connectivity index is 1.98. The van der Waals surface area contributed by atoms with Gasteiger partial charge in [-0.2, -0.15) is 5.10 Å². The van der Waals surface area contributed by atoms with E-state index in [2.05, 4.69) is 35.3 Å². The number of thioether (sulfide) groups is 1. The van der Waals surface area contributed by atoms with Crippen LogP contribution in [0.15, 0.2) is 23.8 Å². The maximum Gasteiger partial charge on any atom is 0.491 e. The average molecular weight is 372 g/mol. The van der Waals surface area contributed by atoms with Gasteiger partial charge in [-0.15, -0.1) is 0 Å². The third-order valence-corrected chi connectivity index (χ3v) is 6.05. The third kappa shape index (κ3) is 3.75. The Labute approximate surface area is 159 Å². The van der Waals surface area contributed by atoms with Crippen molar-refractivity contribution < 1.29 is 14.1 Å². The summed E-state index contributed by atoms with van der Waals surface area (Å²) in [4.78, 5) is 11.5. The second-order valence-electron chi connectivity index (χ2n) is 7.75. The number of fused-ring (bicyclic) bond motifs is 1. The van der Waals surface area contributed by atoms with Crippen molar-refractivity contribution in [3.05, 3.63) is 34.9 Å². The molecular weight excluding hydrogens is 347 g/mol. The highest BCUT2D eigenvalue weighted by atomic mass is 32.2. The molecule has 1 fully saturated rings. The maximum atomic E-state index is 11.5. The average Bonchev–Trinajstić information content (AvgIpc) is 3.04. The van der Waals surface area contributed by atoms with Gasteiger partial charge in [0.1, 0.15) is 0 Å². The van der Waals surface area contributed by atoms with Crippen LogP contribution in [0.5, 0.6) is 0 Å². The lowest BCUT2D eigenvalue weighted by Crippen LogP contribution is -2.41. The molecule has 0 atom stereocenters. The molecule has 1 aliphatic rings. The smallest absolute Gasteiger partial charge is 0.400 e. The number of H-pyrrole nitrogens is 1. The Hall–Kier alpha value is -1.57. The summed E-state index contributed by atoms with van der Waals surface area (Å²) in [6.45, 7) is 11.8. The zero-order chi connectivity index (χ0) is 19.1. The van der Waals surface area contributed by atoms with Crippen LogP contribution in [0.25, 0.3) is 17.0 Å². The molecule has 1 aromatic carbocycles. The first-order valence-electron chi connectivity index (χ1n) is 8.72. The summed E-state index contributed by atoms with van der Waals surface area (Å²) in [7, 11) is -0.466. The number of nitrogens with zero attached hydrogens (tertiary/aromatic N) is 1. The lowest BCUT2D eigenvalue weighted by atomic mass is 9.78. The third-order valence-electron chi connectivity index (χ3n) is 5.17. The highest BCUT2D eigenvalue weighted by Crippen LogP contribution is 2.39. The van der Waals surface area contributed by atoms with Crippen LogP contribution in [-0.2, 0) is 14.1 Å². The molecule has 26 heavy (non-hydrogen) atoms. The topological polar surface area (TPSA) is 64.2 Å². The van der Waals surface area contributed by atoms with Crippen LogP contribution in [0.4, 0.5) is 0 Å². The molecule has 7 heteroatoms. The van der Waals surface area contributed by atoms with E-state index in [1.807, 2.05) is 33.9 Å². The lowest BCUT2D eigenvalue weighted by Gasteiger charge is -2.32. The van der Waals surface area contributed by atoms with Crippen LogP contribution in [0.3, 0.4) is 0 Å². The number of hydrogen-bond donors (Lipinski definition) is 1. The van der Waals surface area contributed by atoms with E-state index in [0.29, 0.717) is 5.75 Å². The minimum atomic E-state index is -0.466. The maximum absolute atomic E-state index is 11.5. The quantitative estimate of drug-likeness (QED) is 0.817. The standard InChI is InChI=1S/C19H25BN2O3S/c1-12-7-17-15(10-21-22-17)8-14(12)9-16(11-26-13(2)23)20-24-18(3,4)19(5,6)25-20/h7-10H,11H2,1-6H3,(H,21,22). The van der Waals surface area contributed by atoms with E-state index in [0.717, 1.165) is 27.5 Å². The van der Waals surface area contributed by atoms with E-state index < -0.39 is 18.3 Å². The fraction of sp³-hybridized carbons (Fsp3) is 0.474. The Morgan fingerprint density at radius 1 is 1.27 bits per heavy atom. The van der Waals surface area contributed by atoms with Crippen molar-refractivity contribution in [2.45, 2.75) is 52.7 Å². The van der Waals surface area contributed by atoms with Crippen molar-refractivity contribution in [2.75, 3.05) is 5.75 Å². The highest BCUT2D eigenvalue weighted by Gasteiger charge is 2.52. The van der Waals surface area contributed by atoms with Crippen LogP contribution in [0.2, 0.25) is 0 Å². The van der Waals surface area contributed by atoms with Crippen molar-refractivity contribution in [1.82, 2.24) is 10.2 Å². The van der Waals surface area contributed by atoms with Crippen molar-refractivity contribution in [2.24, 2.45) is 0 Å². The molecule has 5 nitrogen and oxygen atoms in total. The normalized spacial score (nSPS) is 19.3. The van der Waals surface area contributed by atoms with Crippen LogP contribution in [0.1, 0.15) is 45.7 Å². The summed E-state index contributed by atoms with van der Waals surface area (Å²) in [5.41, 5.74) is 3.34. The SMILES string of the molecule is CC(=O)SCC(=Cc1cc2cn[nH]c2cc1C)B1OC(C)(C)C(C)(C)O1. The Morgan fingerprint density at radius 3 is 2.54 bits per heavy atom. The first-order valence-corrected chi connectivity index (χ1v) is 9.71. The van der Waals surface area contributed by atoms with Gasteiger partial charge >= 0.3 is 7.12 Å². The minimum Gasteiger partial charge on any atom is -0.400 e. The molecule has 0 amide bonds. The van der Waals surface area contributed by atoms with Crippen molar-refractivity contribution in [3.63, 3.8) is 0 Å². The van der Waals surface area contributed by atoms with E-state index in [4.69, 9.17) is 9.31 Å². The molecular formula is C19H25BN2O3S. The van der Waals surface area contributed by atoms with Gasteiger partial charge < -0.3 is 9.31 Å². The van der Waals surface area contributed by atoms with Crippen molar-refractivity contribution in [3.8, 4) is 0 Å².